The third-order valence-corrected chi connectivity index (χ3v) is 4.07. The quantitative estimate of drug-likeness (QED) is 0.799. The summed E-state index contributed by atoms with van der Waals surface area (Å²) in [6, 6.07) is 7.21. The molecule has 5 nitrogen and oxygen atoms in total. The van der Waals surface area contributed by atoms with Gasteiger partial charge in [-0.3, -0.25) is 0 Å². The van der Waals surface area contributed by atoms with E-state index >= 15 is 0 Å². The van der Waals surface area contributed by atoms with Crippen LogP contribution in [-0.4, -0.2) is 32.2 Å². The molecular weight excluding hydrogens is 304 g/mol. The highest BCUT2D eigenvalue weighted by Gasteiger charge is 2.25. The molecule has 1 aliphatic rings. The Morgan fingerprint density at radius 3 is 2.73 bits per heavy atom. The predicted octanol–water partition coefficient (Wildman–Crippen LogP) is 1.20. The van der Waals surface area contributed by atoms with Crippen LogP contribution in [0.3, 0.4) is 0 Å². The molecule has 2 rings (SSSR count). The van der Waals surface area contributed by atoms with E-state index in [0.717, 1.165) is 12.2 Å². The van der Waals surface area contributed by atoms with Crippen molar-refractivity contribution in [3.63, 3.8) is 0 Å². The number of quaternary nitrogens is 1. The molecule has 0 fully saturated rings. The van der Waals surface area contributed by atoms with Crippen molar-refractivity contribution in [2.24, 2.45) is 5.92 Å². The third kappa shape index (κ3) is 4.64. The van der Waals surface area contributed by atoms with Gasteiger partial charge in [0.15, 0.2) is 6.61 Å². The molecule has 0 amide bonds. The number of hydrogen-bond donors (Lipinski definition) is 2. The number of ether oxygens (including phenoxy) is 1. The van der Waals surface area contributed by atoms with Crippen LogP contribution in [-0.2, 0) is 9.63 Å². The molecule has 0 aromatic heterocycles. The Bertz CT molecular complexity index is 545. The van der Waals surface area contributed by atoms with Gasteiger partial charge in [-0.1, -0.05) is 18.5 Å². The van der Waals surface area contributed by atoms with E-state index in [1.165, 1.54) is 4.90 Å². The number of halogens is 1. The second-order valence-electron chi connectivity index (χ2n) is 5.68. The van der Waals surface area contributed by atoms with Crippen molar-refractivity contribution < 1.29 is 19.3 Å². The minimum atomic E-state index is -0.470. The molecule has 3 unspecified atom stereocenters. The number of hydrogen-bond acceptors (Lipinski definition) is 4. The molecule has 120 valence electrons. The van der Waals surface area contributed by atoms with E-state index in [4.69, 9.17) is 21.2 Å². The van der Waals surface area contributed by atoms with E-state index in [1.807, 2.05) is 0 Å². The van der Waals surface area contributed by atoms with Crippen molar-refractivity contribution in [2.45, 2.75) is 19.9 Å². The van der Waals surface area contributed by atoms with Crippen molar-refractivity contribution in [1.82, 2.24) is 5.48 Å². The van der Waals surface area contributed by atoms with Crippen molar-refractivity contribution >= 4 is 17.6 Å². The van der Waals surface area contributed by atoms with Crippen molar-refractivity contribution in [2.75, 3.05) is 20.2 Å². The molecule has 1 aromatic carbocycles. The second-order valence-corrected chi connectivity index (χ2v) is 6.12. The highest BCUT2D eigenvalue weighted by Crippen LogP contribution is 2.15. The first-order valence-electron chi connectivity index (χ1n) is 7.33. The van der Waals surface area contributed by atoms with Gasteiger partial charge in [-0.2, -0.15) is 0 Å². The largest absolute Gasteiger partial charge is 0.482 e. The second kappa shape index (κ2) is 7.51. The standard InChI is InChI=1S/C16H21ClN2O3/c1-11-9-19(3)12(2)8-15(11)18-22-16(20)10-21-14-6-4-13(17)5-7-14/h4-8,11-12,18H,9-10H2,1-3H3/p+1. The maximum Gasteiger partial charge on any atom is 0.369 e. The molecule has 22 heavy (non-hydrogen) atoms. The van der Waals surface area contributed by atoms with Crippen LogP contribution in [0, 0.1) is 5.92 Å². The Kier molecular flexibility index (Phi) is 5.69. The molecule has 0 aliphatic carbocycles. The number of likely N-dealkylation sites (N-methyl/N-ethyl adjacent to an activating group) is 1. The lowest BCUT2D eigenvalue weighted by Gasteiger charge is -2.30. The van der Waals surface area contributed by atoms with E-state index in [1.54, 1.807) is 24.3 Å². The minimum absolute atomic E-state index is 0.156. The Labute approximate surface area is 135 Å². The fourth-order valence-corrected chi connectivity index (χ4v) is 2.43. The number of nitrogens with one attached hydrogen (secondary N) is 2. The van der Waals surface area contributed by atoms with Gasteiger partial charge in [-0.05, 0) is 37.3 Å². The third-order valence-electron chi connectivity index (χ3n) is 3.82. The van der Waals surface area contributed by atoms with Gasteiger partial charge in [0.1, 0.15) is 11.8 Å². The van der Waals surface area contributed by atoms with Crippen LogP contribution in [0.15, 0.2) is 36.0 Å². The van der Waals surface area contributed by atoms with Crippen LogP contribution >= 0.6 is 11.6 Å². The molecule has 0 spiro atoms. The Morgan fingerprint density at radius 2 is 2.05 bits per heavy atom. The molecule has 0 radical (unpaired) electrons. The summed E-state index contributed by atoms with van der Waals surface area (Å²) < 4.78 is 5.33. The van der Waals surface area contributed by atoms with E-state index in [9.17, 15) is 4.79 Å². The van der Waals surface area contributed by atoms with Gasteiger partial charge in [-0.15, -0.1) is 0 Å². The molecular formula is C16H22ClN2O3+. The first-order chi connectivity index (χ1) is 10.5. The smallest absolute Gasteiger partial charge is 0.369 e. The van der Waals surface area contributed by atoms with Gasteiger partial charge in [0.05, 0.1) is 19.3 Å². The molecule has 0 saturated heterocycles. The van der Waals surface area contributed by atoms with E-state index in [0.29, 0.717) is 22.7 Å². The lowest BCUT2D eigenvalue weighted by molar-refractivity contribution is -0.901. The summed E-state index contributed by atoms with van der Waals surface area (Å²) >= 11 is 5.78. The Balaban J connectivity index is 1.78. The van der Waals surface area contributed by atoms with Gasteiger partial charge in [0, 0.05) is 10.9 Å². The highest BCUT2D eigenvalue weighted by atomic mass is 35.5. The van der Waals surface area contributed by atoms with E-state index < -0.39 is 5.97 Å². The van der Waals surface area contributed by atoms with Crippen molar-refractivity contribution in [1.29, 1.82) is 0 Å². The Hall–Kier alpha value is -1.72. The number of benzene rings is 1. The number of carbonyl (C=O) groups is 1. The molecule has 1 heterocycles. The van der Waals surface area contributed by atoms with Crippen LogP contribution < -0.4 is 15.1 Å². The summed E-state index contributed by atoms with van der Waals surface area (Å²) in [5, 5.41) is 0.621. The van der Waals surface area contributed by atoms with Gasteiger partial charge < -0.3 is 14.5 Å². The van der Waals surface area contributed by atoms with Crippen LogP contribution in [0.2, 0.25) is 5.02 Å². The lowest BCUT2D eigenvalue weighted by Crippen LogP contribution is -3.13. The van der Waals surface area contributed by atoms with E-state index in [2.05, 4.69) is 32.5 Å². The molecule has 6 heteroatoms. The fraction of sp³-hybridized carbons (Fsp3) is 0.438. The number of rotatable bonds is 5. The van der Waals surface area contributed by atoms with Crippen LogP contribution in [0.5, 0.6) is 5.75 Å². The van der Waals surface area contributed by atoms with Crippen molar-refractivity contribution in [3.05, 3.63) is 41.1 Å². The predicted molar refractivity (Wildman–Crippen MR) is 84.6 cm³/mol. The normalized spacial score (nSPS) is 24.4. The molecule has 2 N–H and O–H groups in total. The zero-order chi connectivity index (χ0) is 16.1. The maximum absolute atomic E-state index is 11.7. The fourth-order valence-electron chi connectivity index (χ4n) is 2.31. The molecule has 0 bridgehead atoms. The summed E-state index contributed by atoms with van der Waals surface area (Å²) in [5.74, 6) is 0.425. The highest BCUT2D eigenvalue weighted by molar-refractivity contribution is 6.30. The van der Waals surface area contributed by atoms with Gasteiger partial charge in [-0.25, -0.2) is 10.3 Å². The zero-order valence-electron chi connectivity index (χ0n) is 13.1. The molecule has 1 aliphatic heterocycles. The molecule has 1 aromatic rings. The average Bonchev–Trinajstić information content (AvgIpc) is 2.49. The monoisotopic (exact) mass is 325 g/mol. The molecule has 0 saturated carbocycles. The SMILES string of the molecule is CC1C[NH+](C)C(C)C=C1NOC(=O)COc1ccc(Cl)cc1. The van der Waals surface area contributed by atoms with E-state index in [-0.39, 0.29) is 6.61 Å². The van der Waals surface area contributed by atoms with Crippen LogP contribution in [0.4, 0.5) is 0 Å². The number of hydroxylamine groups is 1. The minimum Gasteiger partial charge on any atom is -0.482 e. The van der Waals surface area contributed by atoms with Gasteiger partial charge >= 0.3 is 5.97 Å². The van der Waals surface area contributed by atoms with Crippen molar-refractivity contribution in [3.8, 4) is 5.75 Å². The first-order valence-corrected chi connectivity index (χ1v) is 7.71. The van der Waals surface area contributed by atoms with Crippen LogP contribution in [0.1, 0.15) is 13.8 Å². The molecule has 3 atom stereocenters. The topological polar surface area (TPSA) is 52.0 Å². The summed E-state index contributed by atoms with van der Waals surface area (Å²) in [6.45, 7) is 5.08. The summed E-state index contributed by atoms with van der Waals surface area (Å²) in [7, 11) is 2.15. The van der Waals surface area contributed by atoms with Gasteiger partial charge in [0.2, 0.25) is 0 Å². The lowest BCUT2D eigenvalue weighted by atomic mass is 10.0. The average molecular weight is 326 g/mol. The summed E-state index contributed by atoms with van der Waals surface area (Å²) in [6.07, 6.45) is 2.09. The summed E-state index contributed by atoms with van der Waals surface area (Å²) in [4.78, 5) is 18.2. The number of carbonyl (C=O) groups excluding carboxylic acids is 1. The summed E-state index contributed by atoms with van der Waals surface area (Å²) in [5.41, 5.74) is 3.71. The zero-order valence-corrected chi connectivity index (χ0v) is 13.8. The van der Waals surface area contributed by atoms with Gasteiger partial charge in [0.25, 0.3) is 0 Å². The first kappa shape index (κ1) is 16.6. The Morgan fingerprint density at radius 1 is 1.36 bits per heavy atom. The van der Waals surface area contributed by atoms with Crippen LogP contribution in [0.25, 0.3) is 0 Å². The maximum atomic E-state index is 11.7.